The van der Waals surface area contributed by atoms with Crippen molar-refractivity contribution >= 4 is 0 Å². The second-order valence-electron chi connectivity index (χ2n) is 3.55. The van der Waals surface area contributed by atoms with Crippen LogP contribution in [0, 0.1) is 0 Å². The van der Waals surface area contributed by atoms with Crippen molar-refractivity contribution in [1.82, 2.24) is 15.1 Å². The van der Waals surface area contributed by atoms with Gasteiger partial charge in [0.1, 0.15) is 0 Å². The van der Waals surface area contributed by atoms with Gasteiger partial charge < -0.3 is 15.1 Å². The lowest BCUT2D eigenvalue weighted by molar-refractivity contribution is 0.264. The maximum absolute atomic E-state index is 3.33. The van der Waals surface area contributed by atoms with Crippen LogP contribution < -0.4 is 5.32 Å². The highest BCUT2D eigenvalue weighted by atomic mass is 15.2. The minimum absolute atomic E-state index is 1.07. The van der Waals surface area contributed by atoms with Crippen molar-refractivity contribution in [3.63, 3.8) is 0 Å². The zero-order valence-electron chi connectivity index (χ0n) is 9.64. The molecule has 0 spiro atoms. The van der Waals surface area contributed by atoms with E-state index in [4.69, 9.17) is 0 Å². The number of likely N-dealkylation sites (N-methyl/N-ethyl adjacent to an activating group) is 3. The summed E-state index contributed by atoms with van der Waals surface area (Å²) in [6.07, 6.45) is 0. The highest BCUT2D eigenvalue weighted by Crippen LogP contribution is 1.85. The van der Waals surface area contributed by atoms with Gasteiger partial charge in [-0.3, -0.25) is 0 Å². The van der Waals surface area contributed by atoms with Gasteiger partial charge in [0.25, 0.3) is 0 Å². The minimum atomic E-state index is 1.07. The molecule has 0 aromatic carbocycles. The van der Waals surface area contributed by atoms with Crippen LogP contribution in [0.25, 0.3) is 0 Å². The molecular weight excluding hydrogens is 162 g/mol. The van der Waals surface area contributed by atoms with Gasteiger partial charge in [-0.25, -0.2) is 0 Å². The van der Waals surface area contributed by atoms with Crippen molar-refractivity contribution in [2.45, 2.75) is 13.8 Å². The van der Waals surface area contributed by atoms with E-state index in [1.54, 1.807) is 0 Å². The number of nitrogens with one attached hydrogen (secondary N) is 1. The number of nitrogens with zero attached hydrogens (tertiary/aromatic N) is 2. The third-order valence-electron chi connectivity index (χ3n) is 2.32. The molecule has 0 saturated heterocycles. The Labute approximate surface area is 83.1 Å². The molecule has 13 heavy (non-hydrogen) atoms. The van der Waals surface area contributed by atoms with Gasteiger partial charge in [0.15, 0.2) is 0 Å². The molecule has 0 aliphatic carbocycles. The molecule has 0 aliphatic rings. The second kappa shape index (κ2) is 8.48. The van der Waals surface area contributed by atoms with Gasteiger partial charge in [-0.05, 0) is 27.2 Å². The molecule has 0 atom stereocenters. The first kappa shape index (κ1) is 12.9. The van der Waals surface area contributed by atoms with Crippen LogP contribution in [0.1, 0.15) is 13.8 Å². The molecular formula is C10H25N3. The summed E-state index contributed by atoms with van der Waals surface area (Å²) in [5.41, 5.74) is 0. The average Bonchev–Trinajstić information content (AvgIpc) is 2.14. The quantitative estimate of drug-likeness (QED) is 0.558. The van der Waals surface area contributed by atoms with Crippen LogP contribution in [0.4, 0.5) is 0 Å². The van der Waals surface area contributed by atoms with E-state index < -0.39 is 0 Å². The summed E-state index contributed by atoms with van der Waals surface area (Å²) in [5.74, 6) is 0. The Balaban J connectivity index is 3.24. The summed E-state index contributed by atoms with van der Waals surface area (Å²) in [5, 5.41) is 3.33. The average molecular weight is 187 g/mol. The molecule has 80 valence electrons. The molecule has 0 radical (unpaired) electrons. The Morgan fingerprint density at radius 1 is 0.923 bits per heavy atom. The van der Waals surface area contributed by atoms with Crippen molar-refractivity contribution in [3.8, 4) is 0 Å². The van der Waals surface area contributed by atoms with Gasteiger partial charge in [0, 0.05) is 26.2 Å². The molecule has 0 aromatic rings. The molecule has 0 fully saturated rings. The van der Waals surface area contributed by atoms with Crippen LogP contribution in [0.15, 0.2) is 0 Å². The molecule has 0 unspecified atom stereocenters. The minimum Gasteiger partial charge on any atom is -0.316 e. The molecule has 0 aromatic heterocycles. The van der Waals surface area contributed by atoms with E-state index in [0.29, 0.717) is 0 Å². The summed E-state index contributed by atoms with van der Waals surface area (Å²) in [4.78, 5) is 4.71. The highest BCUT2D eigenvalue weighted by Gasteiger charge is 1.99. The smallest absolute Gasteiger partial charge is 0.0107 e. The van der Waals surface area contributed by atoms with Crippen molar-refractivity contribution in [1.29, 1.82) is 0 Å². The van der Waals surface area contributed by atoms with Gasteiger partial charge in [0.05, 0.1) is 0 Å². The molecule has 0 bridgehead atoms. The van der Waals surface area contributed by atoms with Crippen LogP contribution >= 0.6 is 0 Å². The van der Waals surface area contributed by atoms with E-state index in [0.717, 1.165) is 32.7 Å². The summed E-state index contributed by atoms with van der Waals surface area (Å²) in [7, 11) is 4.35. The Hall–Kier alpha value is -0.120. The zero-order valence-corrected chi connectivity index (χ0v) is 9.64. The molecule has 0 amide bonds. The Kier molecular flexibility index (Phi) is 8.40. The van der Waals surface area contributed by atoms with Crippen LogP contribution in [0.2, 0.25) is 0 Å². The van der Waals surface area contributed by atoms with Crippen molar-refractivity contribution < 1.29 is 0 Å². The molecule has 3 heteroatoms. The van der Waals surface area contributed by atoms with Crippen molar-refractivity contribution in [2.24, 2.45) is 0 Å². The van der Waals surface area contributed by atoms with Crippen LogP contribution in [-0.2, 0) is 0 Å². The van der Waals surface area contributed by atoms with Crippen LogP contribution in [-0.4, -0.2) is 63.2 Å². The fourth-order valence-electron chi connectivity index (χ4n) is 1.06. The molecule has 0 saturated carbocycles. The zero-order chi connectivity index (χ0) is 10.1. The monoisotopic (exact) mass is 187 g/mol. The van der Waals surface area contributed by atoms with E-state index in [9.17, 15) is 0 Å². The Morgan fingerprint density at radius 2 is 1.54 bits per heavy atom. The normalized spacial score (nSPS) is 11.5. The first-order valence-corrected chi connectivity index (χ1v) is 5.28. The number of rotatable bonds is 8. The topological polar surface area (TPSA) is 18.5 Å². The summed E-state index contributed by atoms with van der Waals surface area (Å²) < 4.78 is 0. The Bertz CT molecular complexity index is 106. The first-order chi connectivity index (χ1) is 6.20. The molecule has 1 N–H and O–H groups in total. The van der Waals surface area contributed by atoms with Crippen molar-refractivity contribution in [3.05, 3.63) is 0 Å². The van der Waals surface area contributed by atoms with E-state index in [-0.39, 0.29) is 0 Å². The standard InChI is InChI=1S/C10H25N3/c1-5-11-7-8-13(4)10-9-12(3)6-2/h11H,5-10H2,1-4H3. The first-order valence-electron chi connectivity index (χ1n) is 5.28. The van der Waals surface area contributed by atoms with Gasteiger partial charge in [-0.1, -0.05) is 13.8 Å². The lowest BCUT2D eigenvalue weighted by Gasteiger charge is -2.20. The predicted molar refractivity (Wildman–Crippen MR) is 59.2 cm³/mol. The molecule has 0 aliphatic heterocycles. The molecule has 0 heterocycles. The van der Waals surface area contributed by atoms with E-state index in [2.05, 4.69) is 43.1 Å². The van der Waals surface area contributed by atoms with Crippen molar-refractivity contribution in [2.75, 3.05) is 53.4 Å². The van der Waals surface area contributed by atoms with E-state index in [1.807, 2.05) is 0 Å². The fraction of sp³-hybridized carbons (Fsp3) is 1.00. The maximum Gasteiger partial charge on any atom is 0.0107 e. The lowest BCUT2D eigenvalue weighted by atomic mass is 10.4. The lowest BCUT2D eigenvalue weighted by Crippen LogP contribution is -2.34. The van der Waals surface area contributed by atoms with Gasteiger partial charge in [-0.15, -0.1) is 0 Å². The third kappa shape index (κ3) is 8.22. The summed E-state index contributed by atoms with van der Waals surface area (Å²) in [6, 6.07) is 0. The highest BCUT2D eigenvalue weighted by molar-refractivity contribution is 4.56. The second-order valence-corrected chi connectivity index (χ2v) is 3.55. The fourth-order valence-corrected chi connectivity index (χ4v) is 1.06. The van der Waals surface area contributed by atoms with Gasteiger partial charge >= 0.3 is 0 Å². The van der Waals surface area contributed by atoms with Gasteiger partial charge in [-0.2, -0.15) is 0 Å². The predicted octanol–water partition coefficient (Wildman–Crippen LogP) is 0.479. The van der Waals surface area contributed by atoms with Crippen LogP contribution in [0.5, 0.6) is 0 Å². The van der Waals surface area contributed by atoms with E-state index in [1.165, 1.54) is 6.54 Å². The van der Waals surface area contributed by atoms with E-state index >= 15 is 0 Å². The number of hydrogen-bond donors (Lipinski definition) is 1. The maximum atomic E-state index is 3.33. The third-order valence-corrected chi connectivity index (χ3v) is 2.32. The largest absolute Gasteiger partial charge is 0.316 e. The molecule has 3 nitrogen and oxygen atoms in total. The number of hydrogen-bond acceptors (Lipinski definition) is 3. The Morgan fingerprint density at radius 3 is 2.08 bits per heavy atom. The summed E-state index contributed by atoms with van der Waals surface area (Å²) in [6.45, 7) is 11.1. The van der Waals surface area contributed by atoms with Crippen LogP contribution in [0.3, 0.4) is 0 Å². The summed E-state index contributed by atoms with van der Waals surface area (Å²) >= 11 is 0. The SMILES string of the molecule is CCNCCN(C)CCN(C)CC. The van der Waals surface area contributed by atoms with Gasteiger partial charge in [0.2, 0.25) is 0 Å². The molecule has 0 rings (SSSR count).